The first-order chi connectivity index (χ1) is 8.32. The summed E-state index contributed by atoms with van der Waals surface area (Å²) in [5, 5.41) is 13.6. The molecule has 18 heavy (non-hydrogen) atoms. The van der Waals surface area contributed by atoms with E-state index in [1.165, 1.54) is 12.3 Å². The molecular weight excluding hydrogens is 236 g/mol. The van der Waals surface area contributed by atoms with Crippen molar-refractivity contribution in [3.63, 3.8) is 0 Å². The van der Waals surface area contributed by atoms with E-state index >= 15 is 0 Å². The number of rotatable bonds is 5. The number of nitrogens with two attached hydrogens (primary N) is 1. The minimum Gasteiger partial charge on any atom is -0.368 e. The van der Waals surface area contributed by atoms with Crippen LogP contribution in [0.2, 0.25) is 0 Å². The molecule has 3 N–H and O–H groups in total. The van der Waals surface area contributed by atoms with Crippen LogP contribution in [-0.2, 0) is 4.79 Å². The number of anilines is 1. The molecule has 1 aromatic rings. The number of aromatic nitrogens is 1. The Bertz CT molecular complexity index is 473. The van der Waals surface area contributed by atoms with Gasteiger partial charge in [-0.2, -0.15) is 0 Å². The zero-order valence-electron chi connectivity index (χ0n) is 10.5. The second-order valence-electron chi connectivity index (χ2n) is 4.41. The van der Waals surface area contributed by atoms with Gasteiger partial charge < -0.3 is 11.1 Å². The fourth-order valence-corrected chi connectivity index (χ4v) is 1.52. The van der Waals surface area contributed by atoms with E-state index in [1.807, 2.05) is 0 Å². The predicted molar refractivity (Wildman–Crippen MR) is 67.1 cm³/mol. The molecule has 0 spiro atoms. The number of hydrogen-bond donors (Lipinski definition) is 2. The smallest absolute Gasteiger partial charge is 0.311 e. The van der Waals surface area contributed by atoms with E-state index in [9.17, 15) is 14.9 Å². The molecule has 0 saturated heterocycles. The van der Waals surface area contributed by atoms with Crippen molar-refractivity contribution < 1.29 is 9.72 Å². The maximum atomic E-state index is 11.3. The molecule has 0 aromatic carbocycles. The summed E-state index contributed by atoms with van der Waals surface area (Å²) in [4.78, 5) is 25.6. The van der Waals surface area contributed by atoms with Gasteiger partial charge in [0.2, 0.25) is 11.7 Å². The molecule has 0 bridgehead atoms. The summed E-state index contributed by atoms with van der Waals surface area (Å²) in [5.74, 6) is -0.602. The van der Waals surface area contributed by atoms with E-state index in [0.29, 0.717) is 5.56 Å². The average molecular weight is 252 g/mol. The van der Waals surface area contributed by atoms with Crippen LogP contribution >= 0.6 is 0 Å². The van der Waals surface area contributed by atoms with Crippen molar-refractivity contribution in [3.05, 3.63) is 27.9 Å². The Morgan fingerprint density at radius 2 is 2.17 bits per heavy atom. The zero-order chi connectivity index (χ0) is 13.9. The Balaban J connectivity index is 3.10. The third-order valence-corrected chi connectivity index (χ3v) is 2.47. The van der Waals surface area contributed by atoms with Gasteiger partial charge in [-0.05, 0) is 18.4 Å². The van der Waals surface area contributed by atoms with Crippen LogP contribution in [0.15, 0.2) is 12.3 Å². The van der Waals surface area contributed by atoms with Gasteiger partial charge in [0.1, 0.15) is 6.04 Å². The molecule has 1 aromatic heterocycles. The lowest BCUT2D eigenvalue weighted by molar-refractivity contribution is -0.384. The first kappa shape index (κ1) is 13.9. The number of aryl methyl sites for hydroxylation is 1. The summed E-state index contributed by atoms with van der Waals surface area (Å²) in [6.45, 7) is 5.29. The standard InChI is InChI=1S/C11H16N4O3/c1-6(2)9(10(12)16)14-11-8(15(17)18)4-7(3)5-13-11/h4-6,9H,1-3H3,(H2,12,16)(H,13,14)/t9-/m1/s1. The maximum Gasteiger partial charge on any atom is 0.311 e. The minimum absolute atomic E-state index is 0.0584. The maximum absolute atomic E-state index is 11.3. The van der Waals surface area contributed by atoms with E-state index in [0.717, 1.165) is 0 Å². The van der Waals surface area contributed by atoms with Gasteiger partial charge >= 0.3 is 5.69 Å². The fourth-order valence-electron chi connectivity index (χ4n) is 1.52. The minimum atomic E-state index is -0.695. The molecule has 0 aliphatic heterocycles. The van der Waals surface area contributed by atoms with Crippen LogP contribution < -0.4 is 11.1 Å². The SMILES string of the molecule is Cc1cnc(N[C@@H](C(N)=O)C(C)C)c([N+](=O)[O-])c1. The molecule has 0 saturated carbocycles. The Labute approximate surface area is 105 Å². The highest BCUT2D eigenvalue weighted by Crippen LogP contribution is 2.24. The molecule has 0 aliphatic carbocycles. The highest BCUT2D eigenvalue weighted by atomic mass is 16.6. The van der Waals surface area contributed by atoms with Crippen molar-refractivity contribution in [2.45, 2.75) is 26.8 Å². The van der Waals surface area contributed by atoms with Crippen molar-refractivity contribution >= 4 is 17.4 Å². The van der Waals surface area contributed by atoms with Gasteiger partial charge in [-0.3, -0.25) is 14.9 Å². The molecule has 0 radical (unpaired) electrons. The van der Waals surface area contributed by atoms with Crippen LogP contribution in [0.3, 0.4) is 0 Å². The van der Waals surface area contributed by atoms with Crippen LogP contribution in [0.25, 0.3) is 0 Å². The largest absolute Gasteiger partial charge is 0.368 e. The van der Waals surface area contributed by atoms with Gasteiger partial charge in [-0.15, -0.1) is 0 Å². The van der Waals surface area contributed by atoms with Gasteiger partial charge in [0.05, 0.1) is 4.92 Å². The number of carbonyl (C=O) groups is 1. The number of primary amides is 1. The van der Waals surface area contributed by atoms with E-state index < -0.39 is 16.9 Å². The average Bonchev–Trinajstić information content (AvgIpc) is 2.25. The molecular formula is C11H16N4O3. The number of nitrogens with zero attached hydrogens (tertiary/aromatic N) is 2. The quantitative estimate of drug-likeness (QED) is 0.604. The molecule has 7 nitrogen and oxygen atoms in total. The summed E-state index contributed by atoms with van der Waals surface area (Å²) in [6.07, 6.45) is 1.49. The number of nitrogens with one attached hydrogen (secondary N) is 1. The van der Waals surface area contributed by atoms with Crippen LogP contribution in [0.4, 0.5) is 11.5 Å². The van der Waals surface area contributed by atoms with Crippen molar-refractivity contribution in [3.8, 4) is 0 Å². The molecule has 0 fully saturated rings. The highest BCUT2D eigenvalue weighted by Gasteiger charge is 2.24. The number of pyridine rings is 1. The molecule has 7 heteroatoms. The van der Waals surface area contributed by atoms with Crippen LogP contribution in [0.5, 0.6) is 0 Å². The van der Waals surface area contributed by atoms with Gasteiger partial charge in [-0.25, -0.2) is 4.98 Å². The first-order valence-corrected chi connectivity index (χ1v) is 5.49. The Kier molecular flexibility index (Phi) is 4.19. The lowest BCUT2D eigenvalue weighted by atomic mass is 10.0. The van der Waals surface area contributed by atoms with E-state index in [2.05, 4.69) is 10.3 Å². The van der Waals surface area contributed by atoms with Crippen molar-refractivity contribution in [1.29, 1.82) is 0 Å². The molecule has 98 valence electrons. The fraction of sp³-hybridized carbons (Fsp3) is 0.455. The van der Waals surface area contributed by atoms with Gasteiger partial charge in [-0.1, -0.05) is 13.8 Å². The van der Waals surface area contributed by atoms with Crippen molar-refractivity contribution in [1.82, 2.24) is 4.98 Å². The van der Waals surface area contributed by atoms with E-state index in [1.54, 1.807) is 20.8 Å². The van der Waals surface area contributed by atoms with E-state index in [4.69, 9.17) is 5.73 Å². The summed E-state index contributed by atoms with van der Waals surface area (Å²) in [5.41, 5.74) is 5.75. The Hall–Kier alpha value is -2.18. The van der Waals surface area contributed by atoms with Gasteiger partial charge in [0.15, 0.2) is 0 Å². The number of carbonyl (C=O) groups excluding carboxylic acids is 1. The molecule has 0 aliphatic rings. The lowest BCUT2D eigenvalue weighted by Gasteiger charge is -2.19. The van der Waals surface area contributed by atoms with Crippen LogP contribution in [0, 0.1) is 23.0 Å². The normalized spacial score (nSPS) is 12.2. The Morgan fingerprint density at radius 3 is 2.61 bits per heavy atom. The molecule has 1 rings (SSSR count). The second-order valence-corrected chi connectivity index (χ2v) is 4.41. The van der Waals surface area contributed by atoms with E-state index in [-0.39, 0.29) is 17.4 Å². The highest BCUT2D eigenvalue weighted by molar-refractivity contribution is 5.83. The number of hydrogen-bond acceptors (Lipinski definition) is 5. The number of amides is 1. The lowest BCUT2D eigenvalue weighted by Crippen LogP contribution is -2.39. The number of nitro groups is 1. The molecule has 1 amide bonds. The molecule has 0 unspecified atom stereocenters. The summed E-state index contributed by atoms with van der Waals surface area (Å²) in [6, 6.07) is 0.701. The monoisotopic (exact) mass is 252 g/mol. The van der Waals surface area contributed by atoms with Crippen LogP contribution in [-0.4, -0.2) is 21.9 Å². The topological polar surface area (TPSA) is 111 Å². The van der Waals surface area contributed by atoms with Gasteiger partial charge in [0, 0.05) is 12.3 Å². The second kappa shape index (κ2) is 5.44. The van der Waals surface area contributed by atoms with Gasteiger partial charge in [0.25, 0.3) is 0 Å². The zero-order valence-corrected chi connectivity index (χ0v) is 10.5. The third-order valence-electron chi connectivity index (χ3n) is 2.47. The molecule has 1 heterocycles. The van der Waals surface area contributed by atoms with Crippen molar-refractivity contribution in [2.75, 3.05) is 5.32 Å². The third kappa shape index (κ3) is 3.16. The summed E-state index contributed by atoms with van der Waals surface area (Å²) in [7, 11) is 0. The Morgan fingerprint density at radius 1 is 1.56 bits per heavy atom. The predicted octanol–water partition coefficient (Wildman–Crippen LogP) is 1.22. The first-order valence-electron chi connectivity index (χ1n) is 5.49. The molecule has 1 atom stereocenters. The van der Waals surface area contributed by atoms with Crippen LogP contribution in [0.1, 0.15) is 19.4 Å². The van der Waals surface area contributed by atoms with Crippen molar-refractivity contribution in [2.24, 2.45) is 11.7 Å². The summed E-state index contributed by atoms with van der Waals surface area (Å²) >= 11 is 0. The summed E-state index contributed by atoms with van der Waals surface area (Å²) < 4.78 is 0.